The van der Waals surface area contributed by atoms with Crippen LogP contribution in [0.1, 0.15) is 46.0 Å². The summed E-state index contributed by atoms with van der Waals surface area (Å²) in [5.74, 6) is 5.50. The van der Waals surface area contributed by atoms with E-state index in [1.807, 2.05) is 13.8 Å². The summed E-state index contributed by atoms with van der Waals surface area (Å²) in [6, 6.07) is 0.243. The van der Waals surface area contributed by atoms with Crippen LogP contribution in [0.15, 0.2) is 0 Å². The van der Waals surface area contributed by atoms with Crippen molar-refractivity contribution in [3.63, 3.8) is 0 Å². The lowest BCUT2D eigenvalue weighted by molar-refractivity contribution is 0.00384. The van der Waals surface area contributed by atoms with E-state index in [4.69, 9.17) is 15.3 Å². The second kappa shape index (κ2) is 8.01. The van der Waals surface area contributed by atoms with Gasteiger partial charge in [0.15, 0.2) is 0 Å². The number of nitrogens with one attached hydrogen (secondary N) is 1. The number of hydrogen-bond donors (Lipinski definition) is 2. The Labute approximate surface area is 98.8 Å². The lowest BCUT2D eigenvalue weighted by atomic mass is 10.0. The summed E-state index contributed by atoms with van der Waals surface area (Å²) >= 11 is 0. The number of hydrazine groups is 1. The molecule has 0 aromatic rings. The molecule has 1 aliphatic heterocycles. The summed E-state index contributed by atoms with van der Waals surface area (Å²) in [4.78, 5) is 0. The minimum absolute atomic E-state index is 0.243. The van der Waals surface area contributed by atoms with Gasteiger partial charge in [-0.05, 0) is 46.0 Å². The van der Waals surface area contributed by atoms with Crippen molar-refractivity contribution in [2.45, 2.75) is 64.2 Å². The van der Waals surface area contributed by atoms with Crippen molar-refractivity contribution in [1.29, 1.82) is 0 Å². The predicted octanol–water partition coefficient (Wildman–Crippen LogP) is 1.59. The van der Waals surface area contributed by atoms with Crippen molar-refractivity contribution < 1.29 is 9.47 Å². The first-order valence-corrected chi connectivity index (χ1v) is 6.41. The number of nitrogens with two attached hydrogens (primary N) is 1. The largest absolute Gasteiger partial charge is 0.378 e. The van der Waals surface area contributed by atoms with E-state index < -0.39 is 0 Å². The Hall–Kier alpha value is -0.160. The Bertz CT molecular complexity index is 170. The topological polar surface area (TPSA) is 56.5 Å². The summed E-state index contributed by atoms with van der Waals surface area (Å²) in [5.41, 5.74) is 2.82. The maximum atomic E-state index is 5.69. The third kappa shape index (κ3) is 5.80. The van der Waals surface area contributed by atoms with E-state index in [2.05, 4.69) is 5.43 Å². The zero-order chi connectivity index (χ0) is 11.8. The fourth-order valence-corrected chi connectivity index (χ4v) is 1.95. The molecule has 0 bridgehead atoms. The molecule has 4 heteroatoms. The smallest absolute Gasteiger partial charge is 0.0636 e. The molecule has 1 aliphatic rings. The fraction of sp³-hybridized carbons (Fsp3) is 1.00. The molecule has 0 amide bonds. The van der Waals surface area contributed by atoms with Gasteiger partial charge in [-0.15, -0.1) is 0 Å². The molecule has 4 nitrogen and oxygen atoms in total. The average Bonchev–Trinajstić information content (AvgIpc) is 2.30. The molecule has 0 radical (unpaired) electrons. The molecule has 0 aromatic heterocycles. The molecule has 16 heavy (non-hydrogen) atoms. The van der Waals surface area contributed by atoms with Crippen LogP contribution >= 0.6 is 0 Å². The van der Waals surface area contributed by atoms with Crippen LogP contribution in [0.4, 0.5) is 0 Å². The molecule has 2 atom stereocenters. The van der Waals surface area contributed by atoms with E-state index in [0.29, 0.717) is 12.7 Å². The highest BCUT2D eigenvalue weighted by molar-refractivity contribution is 4.69. The summed E-state index contributed by atoms with van der Waals surface area (Å²) in [6.45, 7) is 5.68. The highest BCUT2D eigenvalue weighted by Crippen LogP contribution is 2.17. The lowest BCUT2D eigenvalue weighted by Gasteiger charge is -2.25. The molecule has 0 aliphatic carbocycles. The van der Waals surface area contributed by atoms with Crippen molar-refractivity contribution >= 4 is 0 Å². The maximum Gasteiger partial charge on any atom is 0.0636 e. The third-order valence-corrected chi connectivity index (χ3v) is 2.98. The SMILES string of the molecule is CC(C)OCC(CCC1CCCCO1)NN. The van der Waals surface area contributed by atoms with Gasteiger partial charge in [0.05, 0.1) is 18.8 Å². The summed E-state index contributed by atoms with van der Waals surface area (Å²) in [7, 11) is 0. The third-order valence-electron chi connectivity index (χ3n) is 2.98. The van der Waals surface area contributed by atoms with Crippen molar-refractivity contribution in [3.05, 3.63) is 0 Å². The molecule has 0 saturated carbocycles. The quantitative estimate of drug-likeness (QED) is 0.515. The van der Waals surface area contributed by atoms with Gasteiger partial charge in [0.25, 0.3) is 0 Å². The van der Waals surface area contributed by atoms with Crippen LogP contribution in [0.2, 0.25) is 0 Å². The number of rotatable bonds is 7. The maximum absolute atomic E-state index is 5.69. The first-order valence-electron chi connectivity index (χ1n) is 6.41. The van der Waals surface area contributed by atoms with Gasteiger partial charge in [-0.25, -0.2) is 0 Å². The number of hydrogen-bond acceptors (Lipinski definition) is 4. The minimum atomic E-state index is 0.243. The van der Waals surface area contributed by atoms with Crippen LogP contribution in [-0.4, -0.2) is 31.5 Å². The van der Waals surface area contributed by atoms with Crippen molar-refractivity contribution in [2.75, 3.05) is 13.2 Å². The normalized spacial score (nSPS) is 23.6. The van der Waals surface area contributed by atoms with Gasteiger partial charge in [0.2, 0.25) is 0 Å². The molecule has 1 saturated heterocycles. The highest BCUT2D eigenvalue weighted by atomic mass is 16.5. The zero-order valence-electron chi connectivity index (χ0n) is 10.6. The average molecular weight is 230 g/mol. The summed E-state index contributed by atoms with van der Waals surface area (Å²) in [6.07, 6.45) is 6.51. The van der Waals surface area contributed by atoms with Gasteiger partial charge in [0.1, 0.15) is 0 Å². The highest BCUT2D eigenvalue weighted by Gasteiger charge is 2.16. The minimum Gasteiger partial charge on any atom is -0.378 e. The standard InChI is InChI=1S/C12H26N2O2/c1-10(2)16-9-11(14-13)6-7-12-5-3-4-8-15-12/h10-12,14H,3-9,13H2,1-2H3. The van der Waals surface area contributed by atoms with Crippen LogP contribution < -0.4 is 11.3 Å². The molecule has 0 spiro atoms. The van der Waals surface area contributed by atoms with Gasteiger partial charge in [0, 0.05) is 12.6 Å². The Morgan fingerprint density at radius 1 is 1.44 bits per heavy atom. The van der Waals surface area contributed by atoms with E-state index >= 15 is 0 Å². The van der Waals surface area contributed by atoms with E-state index in [0.717, 1.165) is 19.4 Å². The molecule has 2 unspecified atom stereocenters. The molecule has 1 fully saturated rings. The summed E-state index contributed by atoms with van der Waals surface area (Å²) in [5, 5.41) is 0. The van der Waals surface area contributed by atoms with Crippen LogP contribution in [0.25, 0.3) is 0 Å². The lowest BCUT2D eigenvalue weighted by Crippen LogP contribution is -2.40. The fourth-order valence-electron chi connectivity index (χ4n) is 1.95. The van der Waals surface area contributed by atoms with E-state index in [1.165, 1.54) is 19.3 Å². The molecule has 0 aromatic carbocycles. The Morgan fingerprint density at radius 2 is 2.25 bits per heavy atom. The molecular weight excluding hydrogens is 204 g/mol. The van der Waals surface area contributed by atoms with Crippen molar-refractivity contribution in [1.82, 2.24) is 5.43 Å². The van der Waals surface area contributed by atoms with Crippen LogP contribution in [-0.2, 0) is 9.47 Å². The van der Waals surface area contributed by atoms with Gasteiger partial charge < -0.3 is 9.47 Å². The predicted molar refractivity (Wildman–Crippen MR) is 65.0 cm³/mol. The molecule has 1 heterocycles. The van der Waals surface area contributed by atoms with Crippen LogP contribution in [0, 0.1) is 0 Å². The first-order chi connectivity index (χ1) is 7.72. The Morgan fingerprint density at radius 3 is 2.81 bits per heavy atom. The Balaban J connectivity index is 2.11. The molecule has 1 rings (SSSR count). The van der Waals surface area contributed by atoms with E-state index in [1.54, 1.807) is 0 Å². The van der Waals surface area contributed by atoms with Gasteiger partial charge >= 0.3 is 0 Å². The van der Waals surface area contributed by atoms with Crippen molar-refractivity contribution in [2.24, 2.45) is 5.84 Å². The van der Waals surface area contributed by atoms with Gasteiger partial charge in [-0.2, -0.15) is 0 Å². The molecular formula is C12H26N2O2. The van der Waals surface area contributed by atoms with E-state index in [-0.39, 0.29) is 12.1 Å². The number of ether oxygens (including phenoxy) is 2. The second-order valence-corrected chi connectivity index (χ2v) is 4.81. The van der Waals surface area contributed by atoms with Gasteiger partial charge in [-0.3, -0.25) is 11.3 Å². The first kappa shape index (κ1) is 13.9. The van der Waals surface area contributed by atoms with Crippen LogP contribution in [0.5, 0.6) is 0 Å². The second-order valence-electron chi connectivity index (χ2n) is 4.81. The molecule has 96 valence electrons. The Kier molecular flexibility index (Phi) is 6.96. The van der Waals surface area contributed by atoms with Crippen LogP contribution in [0.3, 0.4) is 0 Å². The summed E-state index contributed by atoms with van der Waals surface area (Å²) < 4.78 is 11.2. The van der Waals surface area contributed by atoms with Gasteiger partial charge in [-0.1, -0.05) is 0 Å². The monoisotopic (exact) mass is 230 g/mol. The molecule has 3 N–H and O–H groups in total. The zero-order valence-corrected chi connectivity index (χ0v) is 10.6. The van der Waals surface area contributed by atoms with E-state index in [9.17, 15) is 0 Å². The van der Waals surface area contributed by atoms with Crippen molar-refractivity contribution in [3.8, 4) is 0 Å².